The lowest BCUT2D eigenvalue weighted by atomic mass is 10.2. The average Bonchev–Trinajstić information content (AvgIpc) is 2.77. The SMILES string of the molecule is NC(=O)COc1ccc(C=CC(=O)Nc2ccc(NCc3ccccc3)c(Cl)c2)cc1. The van der Waals surface area contributed by atoms with Crippen molar-refractivity contribution >= 4 is 40.9 Å². The predicted octanol–water partition coefficient (Wildman–Crippen LogP) is 4.47. The maximum absolute atomic E-state index is 12.2. The number of nitrogens with one attached hydrogen (secondary N) is 2. The Balaban J connectivity index is 1.52. The predicted molar refractivity (Wildman–Crippen MR) is 124 cm³/mol. The van der Waals surface area contributed by atoms with Crippen LogP contribution in [0.1, 0.15) is 11.1 Å². The quantitative estimate of drug-likeness (QED) is 0.432. The van der Waals surface area contributed by atoms with Gasteiger partial charge in [0.1, 0.15) is 5.75 Å². The monoisotopic (exact) mass is 435 g/mol. The van der Waals surface area contributed by atoms with Crippen molar-refractivity contribution in [1.29, 1.82) is 0 Å². The van der Waals surface area contributed by atoms with Crippen LogP contribution < -0.4 is 21.1 Å². The molecule has 0 saturated heterocycles. The van der Waals surface area contributed by atoms with Crippen molar-refractivity contribution in [3.05, 3.63) is 95.0 Å². The lowest BCUT2D eigenvalue weighted by Crippen LogP contribution is -2.19. The molecule has 0 unspecified atom stereocenters. The van der Waals surface area contributed by atoms with Crippen LogP contribution in [-0.4, -0.2) is 18.4 Å². The first kappa shape index (κ1) is 21.9. The Bertz CT molecular complexity index is 1070. The van der Waals surface area contributed by atoms with Crippen LogP contribution in [0, 0.1) is 0 Å². The van der Waals surface area contributed by atoms with E-state index < -0.39 is 5.91 Å². The van der Waals surface area contributed by atoms with Gasteiger partial charge in [0.25, 0.3) is 5.91 Å². The minimum Gasteiger partial charge on any atom is -0.484 e. The van der Waals surface area contributed by atoms with Crippen molar-refractivity contribution in [3.8, 4) is 5.75 Å². The van der Waals surface area contributed by atoms with Gasteiger partial charge in [-0.25, -0.2) is 0 Å². The van der Waals surface area contributed by atoms with E-state index in [4.69, 9.17) is 22.1 Å². The van der Waals surface area contributed by atoms with E-state index >= 15 is 0 Å². The summed E-state index contributed by atoms with van der Waals surface area (Å²) in [4.78, 5) is 22.9. The summed E-state index contributed by atoms with van der Waals surface area (Å²) in [5.41, 5.74) is 8.38. The molecule has 3 rings (SSSR count). The van der Waals surface area contributed by atoms with Gasteiger partial charge in [0.15, 0.2) is 6.61 Å². The lowest BCUT2D eigenvalue weighted by molar-refractivity contribution is -0.120. The van der Waals surface area contributed by atoms with Crippen molar-refractivity contribution in [2.45, 2.75) is 6.54 Å². The molecule has 0 fully saturated rings. The summed E-state index contributed by atoms with van der Waals surface area (Å²) in [5.74, 6) is -0.299. The lowest BCUT2D eigenvalue weighted by Gasteiger charge is -2.10. The summed E-state index contributed by atoms with van der Waals surface area (Å²) >= 11 is 6.34. The van der Waals surface area contributed by atoms with E-state index in [1.54, 1.807) is 42.5 Å². The van der Waals surface area contributed by atoms with Crippen LogP contribution in [-0.2, 0) is 16.1 Å². The zero-order chi connectivity index (χ0) is 22.1. The molecule has 3 aromatic carbocycles. The van der Waals surface area contributed by atoms with Gasteiger partial charge < -0.3 is 21.1 Å². The normalized spacial score (nSPS) is 10.6. The molecule has 7 heteroatoms. The van der Waals surface area contributed by atoms with E-state index in [9.17, 15) is 9.59 Å². The molecule has 0 bridgehead atoms. The number of ether oxygens (including phenoxy) is 1. The van der Waals surface area contributed by atoms with Crippen LogP contribution in [0.15, 0.2) is 78.9 Å². The molecule has 0 aliphatic heterocycles. The van der Waals surface area contributed by atoms with Crippen LogP contribution in [0.2, 0.25) is 5.02 Å². The third-order valence-electron chi connectivity index (χ3n) is 4.25. The molecule has 31 heavy (non-hydrogen) atoms. The number of anilines is 2. The van der Waals surface area contributed by atoms with Crippen molar-refractivity contribution in [2.24, 2.45) is 5.73 Å². The maximum Gasteiger partial charge on any atom is 0.255 e. The summed E-state index contributed by atoms with van der Waals surface area (Å²) < 4.78 is 5.19. The minimum absolute atomic E-state index is 0.180. The molecule has 4 N–H and O–H groups in total. The standard InChI is InChI=1S/C24H22ClN3O3/c25-21-14-19(9-12-22(21)27-15-18-4-2-1-3-5-18)28-24(30)13-8-17-6-10-20(11-7-17)31-16-23(26)29/h1-14,27H,15-16H2,(H2,26,29)(H,28,30). The van der Waals surface area contributed by atoms with E-state index in [-0.39, 0.29) is 12.5 Å². The molecule has 0 aliphatic carbocycles. The van der Waals surface area contributed by atoms with Gasteiger partial charge in [-0.3, -0.25) is 9.59 Å². The molecule has 2 amide bonds. The number of carbonyl (C=O) groups excluding carboxylic acids is 2. The first-order valence-electron chi connectivity index (χ1n) is 9.57. The fourth-order valence-electron chi connectivity index (χ4n) is 2.71. The van der Waals surface area contributed by atoms with Gasteiger partial charge in [-0.2, -0.15) is 0 Å². The number of halogens is 1. The van der Waals surface area contributed by atoms with Crippen molar-refractivity contribution in [2.75, 3.05) is 17.2 Å². The Morgan fingerprint density at radius 3 is 2.42 bits per heavy atom. The number of carbonyl (C=O) groups is 2. The number of amides is 2. The molecule has 0 heterocycles. The van der Waals surface area contributed by atoms with Crippen LogP contribution in [0.25, 0.3) is 6.08 Å². The van der Waals surface area contributed by atoms with E-state index in [0.29, 0.717) is 23.0 Å². The number of hydrogen-bond acceptors (Lipinski definition) is 4. The fourth-order valence-corrected chi connectivity index (χ4v) is 2.96. The number of nitrogens with two attached hydrogens (primary N) is 1. The second-order valence-electron chi connectivity index (χ2n) is 6.68. The van der Waals surface area contributed by atoms with Crippen LogP contribution >= 0.6 is 11.6 Å². The Morgan fingerprint density at radius 1 is 1.00 bits per heavy atom. The second kappa shape index (κ2) is 10.8. The molecule has 0 spiro atoms. The molecule has 0 atom stereocenters. The Morgan fingerprint density at radius 2 is 1.74 bits per heavy atom. The topological polar surface area (TPSA) is 93.5 Å². The summed E-state index contributed by atoms with van der Waals surface area (Å²) in [7, 11) is 0. The highest BCUT2D eigenvalue weighted by atomic mass is 35.5. The maximum atomic E-state index is 12.2. The van der Waals surface area contributed by atoms with Gasteiger partial charge >= 0.3 is 0 Å². The highest BCUT2D eigenvalue weighted by molar-refractivity contribution is 6.33. The fraction of sp³-hybridized carbons (Fsp3) is 0.0833. The molecule has 6 nitrogen and oxygen atoms in total. The van der Waals surface area contributed by atoms with Crippen molar-refractivity contribution < 1.29 is 14.3 Å². The average molecular weight is 436 g/mol. The Hall–Kier alpha value is -3.77. The van der Waals surface area contributed by atoms with Crippen molar-refractivity contribution in [3.63, 3.8) is 0 Å². The van der Waals surface area contributed by atoms with Gasteiger partial charge in [-0.05, 0) is 47.5 Å². The molecule has 0 aromatic heterocycles. The van der Waals surface area contributed by atoms with Crippen LogP contribution in [0.4, 0.5) is 11.4 Å². The Labute approximate surface area is 185 Å². The van der Waals surface area contributed by atoms with E-state index in [0.717, 1.165) is 16.8 Å². The van der Waals surface area contributed by atoms with Crippen LogP contribution in [0.5, 0.6) is 5.75 Å². The first-order chi connectivity index (χ1) is 15.0. The van der Waals surface area contributed by atoms with E-state index in [2.05, 4.69) is 10.6 Å². The van der Waals surface area contributed by atoms with E-state index in [1.165, 1.54) is 6.08 Å². The molecule has 0 aliphatic rings. The number of rotatable bonds is 9. The molecule has 0 saturated carbocycles. The third-order valence-corrected chi connectivity index (χ3v) is 4.56. The summed E-state index contributed by atoms with van der Waals surface area (Å²) in [6.45, 7) is 0.474. The largest absolute Gasteiger partial charge is 0.484 e. The van der Waals surface area contributed by atoms with Gasteiger partial charge in [0.05, 0.1) is 10.7 Å². The highest BCUT2D eigenvalue weighted by Crippen LogP contribution is 2.26. The molecule has 3 aromatic rings. The van der Waals surface area contributed by atoms with Gasteiger partial charge in [0, 0.05) is 18.3 Å². The number of primary amides is 1. The third kappa shape index (κ3) is 7.21. The number of benzene rings is 3. The highest BCUT2D eigenvalue weighted by Gasteiger charge is 2.04. The minimum atomic E-state index is -0.541. The summed E-state index contributed by atoms with van der Waals surface area (Å²) in [6.07, 6.45) is 3.10. The van der Waals surface area contributed by atoms with Gasteiger partial charge in [0.2, 0.25) is 5.91 Å². The van der Waals surface area contributed by atoms with E-state index in [1.807, 2.05) is 36.4 Å². The molecular formula is C24H22ClN3O3. The van der Waals surface area contributed by atoms with Gasteiger partial charge in [-0.1, -0.05) is 54.1 Å². The summed E-state index contributed by atoms with van der Waals surface area (Å²) in [6, 6.07) is 22.2. The summed E-state index contributed by atoms with van der Waals surface area (Å²) in [5, 5.41) is 6.58. The zero-order valence-corrected chi connectivity index (χ0v) is 17.4. The van der Waals surface area contributed by atoms with Crippen LogP contribution in [0.3, 0.4) is 0 Å². The molecular weight excluding hydrogens is 414 g/mol. The molecule has 0 radical (unpaired) electrons. The first-order valence-corrected chi connectivity index (χ1v) is 9.95. The smallest absolute Gasteiger partial charge is 0.255 e. The Kier molecular flexibility index (Phi) is 7.67. The molecule has 158 valence electrons. The number of hydrogen-bond donors (Lipinski definition) is 3. The van der Waals surface area contributed by atoms with Crippen molar-refractivity contribution in [1.82, 2.24) is 0 Å². The van der Waals surface area contributed by atoms with Gasteiger partial charge in [-0.15, -0.1) is 0 Å². The zero-order valence-electron chi connectivity index (χ0n) is 16.7. The second-order valence-corrected chi connectivity index (χ2v) is 7.09.